The number of hydrogen-bond acceptors (Lipinski definition) is 7. The summed E-state index contributed by atoms with van der Waals surface area (Å²) in [7, 11) is -2.74. The molecule has 28 heavy (non-hydrogen) atoms. The third-order valence-corrected chi connectivity index (χ3v) is 5.41. The number of hydrogen-bond donors (Lipinski definition) is 1. The smallest absolute Gasteiger partial charge is 0.293 e. The molecule has 1 aromatic heterocycles. The summed E-state index contributed by atoms with van der Waals surface area (Å²) in [6.45, 7) is 0.00623. The van der Waals surface area contributed by atoms with Gasteiger partial charge in [-0.1, -0.05) is 18.2 Å². The molecule has 10 heteroatoms. The van der Waals surface area contributed by atoms with Crippen LogP contribution < -0.4 is 9.46 Å². The molecule has 0 aliphatic heterocycles. The number of nitrogens with one attached hydrogen (secondary N) is 1. The maximum Gasteiger partial charge on any atom is 0.293 e. The normalized spacial score (nSPS) is 11.3. The highest BCUT2D eigenvalue weighted by Crippen LogP contribution is 2.28. The number of nitrogens with zero attached hydrogens (tertiary/aromatic N) is 2. The number of nitro benzene ring substituents is 1. The monoisotopic (exact) mass is 403 g/mol. The molecule has 0 bridgehead atoms. The molecule has 0 amide bonds. The van der Waals surface area contributed by atoms with E-state index in [1.807, 2.05) is 30.3 Å². The Hall–Kier alpha value is -3.24. The molecule has 0 aliphatic carbocycles. The lowest BCUT2D eigenvalue weighted by molar-refractivity contribution is -0.387. The molecule has 0 spiro atoms. The molecule has 2 aromatic carbocycles. The Kier molecular flexibility index (Phi) is 5.71. The summed E-state index contributed by atoms with van der Waals surface area (Å²) in [4.78, 5) is 14.3. The van der Waals surface area contributed by atoms with Crippen molar-refractivity contribution in [1.29, 1.82) is 0 Å². The molecule has 1 N–H and O–H groups in total. The van der Waals surface area contributed by atoms with E-state index < -0.39 is 25.5 Å². The van der Waals surface area contributed by atoms with E-state index in [0.29, 0.717) is 11.6 Å². The first-order chi connectivity index (χ1) is 13.4. The van der Waals surface area contributed by atoms with Crippen LogP contribution in [0.5, 0.6) is 5.75 Å². The zero-order valence-electron chi connectivity index (χ0n) is 14.9. The number of methoxy groups -OCH3 is 1. The van der Waals surface area contributed by atoms with E-state index in [-0.39, 0.29) is 18.7 Å². The SMILES string of the molecule is COc1ccc(S(=O)(=O)NCCc2coc(-c3ccccc3)n2)c([N+](=O)[O-])c1. The Morgan fingerprint density at radius 3 is 2.64 bits per heavy atom. The van der Waals surface area contributed by atoms with Crippen LogP contribution in [-0.4, -0.2) is 32.0 Å². The first-order valence-electron chi connectivity index (χ1n) is 8.22. The van der Waals surface area contributed by atoms with Gasteiger partial charge in [0.15, 0.2) is 4.90 Å². The van der Waals surface area contributed by atoms with Gasteiger partial charge in [-0.25, -0.2) is 18.1 Å². The van der Waals surface area contributed by atoms with Gasteiger partial charge in [-0.15, -0.1) is 0 Å². The Labute approximate surface area is 161 Å². The number of rotatable bonds is 8. The van der Waals surface area contributed by atoms with E-state index in [0.717, 1.165) is 17.7 Å². The Morgan fingerprint density at radius 2 is 1.96 bits per heavy atom. The fourth-order valence-electron chi connectivity index (χ4n) is 2.52. The quantitative estimate of drug-likeness (QED) is 0.453. The van der Waals surface area contributed by atoms with Gasteiger partial charge in [0.05, 0.1) is 23.8 Å². The van der Waals surface area contributed by atoms with E-state index in [4.69, 9.17) is 9.15 Å². The number of ether oxygens (including phenoxy) is 1. The summed E-state index contributed by atoms with van der Waals surface area (Å²) < 4.78 is 37.6. The molecule has 0 fully saturated rings. The summed E-state index contributed by atoms with van der Waals surface area (Å²) in [6, 6.07) is 12.8. The lowest BCUT2D eigenvalue weighted by Crippen LogP contribution is -2.26. The molecule has 0 saturated heterocycles. The van der Waals surface area contributed by atoms with Crippen molar-refractivity contribution in [2.45, 2.75) is 11.3 Å². The minimum Gasteiger partial charge on any atom is -0.497 e. The maximum atomic E-state index is 12.5. The zero-order valence-corrected chi connectivity index (χ0v) is 15.7. The average Bonchev–Trinajstić information content (AvgIpc) is 3.17. The van der Waals surface area contributed by atoms with Crippen LogP contribution >= 0.6 is 0 Å². The van der Waals surface area contributed by atoms with Crippen molar-refractivity contribution < 1.29 is 22.5 Å². The first kappa shape index (κ1) is 19.5. The van der Waals surface area contributed by atoms with Crippen molar-refractivity contribution in [3.8, 4) is 17.2 Å². The van der Waals surface area contributed by atoms with E-state index >= 15 is 0 Å². The second-order valence-electron chi connectivity index (χ2n) is 5.75. The van der Waals surface area contributed by atoms with Gasteiger partial charge in [0, 0.05) is 18.5 Å². The van der Waals surface area contributed by atoms with Crippen LogP contribution in [0.25, 0.3) is 11.5 Å². The third kappa shape index (κ3) is 4.35. The topological polar surface area (TPSA) is 125 Å². The largest absolute Gasteiger partial charge is 0.497 e. The molecule has 0 radical (unpaired) electrons. The number of aromatic nitrogens is 1. The molecule has 0 aliphatic rings. The van der Waals surface area contributed by atoms with Crippen molar-refractivity contribution in [2.24, 2.45) is 0 Å². The van der Waals surface area contributed by atoms with Crippen molar-refractivity contribution in [1.82, 2.24) is 9.71 Å². The summed E-state index contributed by atoms with van der Waals surface area (Å²) in [5.41, 5.74) is 0.814. The molecule has 0 saturated carbocycles. The average molecular weight is 403 g/mol. The van der Waals surface area contributed by atoms with Crippen LogP contribution in [0.3, 0.4) is 0 Å². The van der Waals surface area contributed by atoms with Crippen molar-refractivity contribution >= 4 is 15.7 Å². The molecule has 1 heterocycles. The minimum atomic E-state index is -4.08. The van der Waals surface area contributed by atoms with Crippen LogP contribution in [0, 0.1) is 10.1 Å². The Balaban J connectivity index is 1.69. The van der Waals surface area contributed by atoms with Gasteiger partial charge in [0.1, 0.15) is 12.0 Å². The van der Waals surface area contributed by atoms with Gasteiger partial charge in [-0.2, -0.15) is 0 Å². The molecule has 0 unspecified atom stereocenters. The second-order valence-corrected chi connectivity index (χ2v) is 7.48. The van der Waals surface area contributed by atoms with Gasteiger partial charge in [-0.3, -0.25) is 10.1 Å². The van der Waals surface area contributed by atoms with Crippen LogP contribution in [0.15, 0.2) is 64.1 Å². The maximum absolute atomic E-state index is 12.5. The van der Waals surface area contributed by atoms with Gasteiger partial charge in [-0.05, 0) is 24.3 Å². The molecule has 0 atom stereocenters. The van der Waals surface area contributed by atoms with Crippen LogP contribution in [0.4, 0.5) is 5.69 Å². The number of sulfonamides is 1. The highest BCUT2D eigenvalue weighted by molar-refractivity contribution is 7.89. The molecule has 3 rings (SSSR count). The third-order valence-electron chi connectivity index (χ3n) is 3.90. The molecule has 9 nitrogen and oxygen atoms in total. The van der Waals surface area contributed by atoms with Gasteiger partial charge >= 0.3 is 0 Å². The lowest BCUT2D eigenvalue weighted by atomic mass is 10.2. The highest BCUT2D eigenvalue weighted by atomic mass is 32.2. The predicted octanol–water partition coefficient (Wildman–Crippen LogP) is 2.78. The van der Waals surface area contributed by atoms with E-state index in [1.165, 1.54) is 19.4 Å². The van der Waals surface area contributed by atoms with Gasteiger partial charge < -0.3 is 9.15 Å². The predicted molar refractivity (Wildman–Crippen MR) is 100 cm³/mol. The summed E-state index contributed by atoms with van der Waals surface area (Å²) >= 11 is 0. The molecular weight excluding hydrogens is 386 g/mol. The molecular formula is C18H17N3O6S. The van der Waals surface area contributed by atoms with E-state index in [2.05, 4.69) is 9.71 Å². The van der Waals surface area contributed by atoms with Crippen LogP contribution in [0.1, 0.15) is 5.69 Å². The fourth-order valence-corrected chi connectivity index (χ4v) is 3.70. The number of benzene rings is 2. The van der Waals surface area contributed by atoms with E-state index in [9.17, 15) is 18.5 Å². The summed E-state index contributed by atoms with van der Waals surface area (Å²) in [6.07, 6.45) is 1.71. The second kappa shape index (κ2) is 8.19. The zero-order chi connectivity index (χ0) is 20.1. The number of oxazole rings is 1. The molecule has 146 valence electrons. The minimum absolute atomic E-state index is 0.00623. The Morgan fingerprint density at radius 1 is 1.21 bits per heavy atom. The lowest BCUT2D eigenvalue weighted by Gasteiger charge is -2.08. The summed E-state index contributed by atoms with van der Waals surface area (Å²) in [5, 5.41) is 11.2. The van der Waals surface area contributed by atoms with Crippen LogP contribution in [0.2, 0.25) is 0 Å². The highest BCUT2D eigenvalue weighted by Gasteiger charge is 2.26. The fraction of sp³-hybridized carbons (Fsp3) is 0.167. The van der Waals surface area contributed by atoms with Gasteiger partial charge in [0.2, 0.25) is 15.9 Å². The standard InChI is InChI=1S/C18H17N3O6S/c1-26-15-7-8-17(16(11-15)21(22)23)28(24,25)19-10-9-14-12-27-18(20-14)13-5-3-2-4-6-13/h2-8,11-12,19H,9-10H2,1H3. The van der Waals surface area contributed by atoms with Crippen molar-refractivity contribution in [2.75, 3.05) is 13.7 Å². The van der Waals surface area contributed by atoms with Crippen LogP contribution in [-0.2, 0) is 16.4 Å². The number of nitro groups is 1. The first-order valence-corrected chi connectivity index (χ1v) is 9.71. The Bertz CT molecular complexity index is 1080. The molecule has 3 aromatic rings. The van der Waals surface area contributed by atoms with Crippen molar-refractivity contribution in [3.05, 3.63) is 70.6 Å². The van der Waals surface area contributed by atoms with E-state index in [1.54, 1.807) is 0 Å². The van der Waals surface area contributed by atoms with Gasteiger partial charge in [0.25, 0.3) is 5.69 Å². The van der Waals surface area contributed by atoms with Crippen molar-refractivity contribution in [3.63, 3.8) is 0 Å². The summed E-state index contributed by atoms with van der Waals surface area (Å²) in [5.74, 6) is 0.630.